The van der Waals surface area contributed by atoms with E-state index in [0.29, 0.717) is 15.9 Å². The lowest BCUT2D eigenvalue weighted by Crippen LogP contribution is -2.01. The topological polar surface area (TPSA) is 0 Å². The zero-order chi connectivity index (χ0) is 12.2. The number of halogens is 5. The second-order valence-electron chi connectivity index (χ2n) is 3.07. The van der Waals surface area contributed by atoms with Crippen LogP contribution in [0.4, 0.5) is 13.2 Å². The molecule has 0 aliphatic heterocycles. The van der Waals surface area contributed by atoms with Crippen molar-refractivity contribution in [3.63, 3.8) is 0 Å². The smallest absolute Gasteiger partial charge is 0.160 e. The van der Waals surface area contributed by atoms with Crippen molar-refractivity contribution in [2.24, 2.45) is 0 Å². The normalized spacial score (nSPS) is 11.8. The molecule has 0 saturated heterocycles. The average molecular weight is 381 g/mol. The maximum absolute atomic E-state index is 12.2. The molecule has 0 aliphatic carbocycles. The van der Waals surface area contributed by atoms with Crippen molar-refractivity contribution in [2.75, 3.05) is 5.88 Å². The second-order valence-corrected chi connectivity index (χ2v) is 5.63. The molecule has 0 saturated carbocycles. The van der Waals surface area contributed by atoms with Crippen LogP contribution in [0.15, 0.2) is 23.1 Å². The average Bonchev–Trinajstić information content (AvgIpc) is 2.17. The molecule has 0 nitrogen and oxygen atoms in total. The van der Waals surface area contributed by atoms with Gasteiger partial charge in [0.2, 0.25) is 0 Å². The Morgan fingerprint density at radius 2 is 2.00 bits per heavy atom. The summed E-state index contributed by atoms with van der Waals surface area (Å²) in [4.78, 5) is 0.264. The van der Waals surface area contributed by atoms with Crippen LogP contribution in [0.3, 0.4) is 0 Å². The molecule has 6 heteroatoms. The zero-order valence-corrected chi connectivity index (χ0v) is 11.9. The Balaban J connectivity index is 2.86. The lowest BCUT2D eigenvalue weighted by Gasteiger charge is -2.10. The summed E-state index contributed by atoms with van der Waals surface area (Å²) in [6.45, 7) is 0. The van der Waals surface area contributed by atoms with Crippen LogP contribution in [0.25, 0.3) is 0 Å². The van der Waals surface area contributed by atoms with Gasteiger partial charge in [0, 0.05) is 14.3 Å². The molecular weight excluding hydrogens is 372 g/mol. The van der Waals surface area contributed by atoms with E-state index in [4.69, 9.17) is 11.6 Å². The molecule has 1 rings (SSSR count). The Bertz CT molecular complexity index is 354. The first-order valence-electron chi connectivity index (χ1n) is 4.53. The molecule has 0 spiro atoms. The molecule has 16 heavy (non-hydrogen) atoms. The van der Waals surface area contributed by atoms with Gasteiger partial charge >= 0.3 is 5.51 Å². The molecule has 0 unspecified atom stereocenters. The largest absolute Gasteiger partial charge is 0.446 e. The van der Waals surface area contributed by atoms with E-state index in [0.717, 1.165) is 12.0 Å². The van der Waals surface area contributed by atoms with Crippen molar-refractivity contribution in [3.8, 4) is 0 Å². The van der Waals surface area contributed by atoms with E-state index in [2.05, 4.69) is 0 Å². The molecule has 0 aromatic heterocycles. The number of benzene rings is 1. The van der Waals surface area contributed by atoms with Crippen LogP contribution in [-0.4, -0.2) is 11.4 Å². The van der Waals surface area contributed by atoms with Gasteiger partial charge in [-0.15, -0.1) is 11.6 Å². The van der Waals surface area contributed by atoms with Crippen LogP contribution in [0.1, 0.15) is 12.0 Å². The molecular formula is C10H9ClF3IS. The van der Waals surface area contributed by atoms with Gasteiger partial charge in [0.15, 0.2) is 0 Å². The van der Waals surface area contributed by atoms with Crippen LogP contribution in [-0.2, 0) is 6.42 Å². The SMILES string of the molecule is FC(F)(F)Sc1cccc(CCCCl)c1I. The fourth-order valence-corrected chi connectivity index (χ4v) is 2.92. The van der Waals surface area contributed by atoms with Gasteiger partial charge in [0.05, 0.1) is 0 Å². The van der Waals surface area contributed by atoms with E-state index in [-0.39, 0.29) is 16.7 Å². The fourth-order valence-electron chi connectivity index (χ4n) is 1.21. The van der Waals surface area contributed by atoms with E-state index in [9.17, 15) is 13.2 Å². The minimum Gasteiger partial charge on any atom is -0.160 e. The van der Waals surface area contributed by atoms with Gasteiger partial charge in [-0.1, -0.05) is 12.1 Å². The molecule has 0 atom stereocenters. The molecule has 1 aromatic rings. The maximum Gasteiger partial charge on any atom is 0.446 e. The van der Waals surface area contributed by atoms with Crippen LogP contribution >= 0.6 is 46.0 Å². The van der Waals surface area contributed by atoms with Gasteiger partial charge in [-0.25, -0.2) is 0 Å². The third-order valence-electron chi connectivity index (χ3n) is 1.85. The Hall–Kier alpha value is 0.380. The number of hydrogen-bond acceptors (Lipinski definition) is 1. The van der Waals surface area contributed by atoms with Gasteiger partial charge in [0.25, 0.3) is 0 Å². The lowest BCUT2D eigenvalue weighted by atomic mass is 10.1. The van der Waals surface area contributed by atoms with Crippen LogP contribution < -0.4 is 0 Å². The first-order valence-corrected chi connectivity index (χ1v) is 6.96. The fraction of sp³-hybridized carbons (Fsp3) is 0.400. The summed E-state index contributed by atoms with van der Waals surface area (Å²) >= 11 is 7.45. The Kier molecular flexibility index (Phi) is 5.73. The second kappa shape index (κ2) is 6.35. The molecule has 0 fully saturated rings. The number of aryl methyl sites for hydroxylation is 1. The van der Waals surface area contributed by atoms with Crippen molar-refractivity contribution in [1.29, 1.82) is 0 Å². The molecule has 0 bridgehead atoms. The van der Waals surface area contributed by atoms with E-state index >= 15 is 0 Å². The number of alkyl halides is 4. The summed E-state index contributed by atoms with van der Waals surface area (Å²) in [6, 6.07) is 4.98. The van der Waals surface area contributed by atoms with Gasteiger partial charge in [0.1, 0.15) is 0 Å². The number of rotatable bonds is 4. The summed E-state index contributed by atoms with van der Waals surface area (Å²) in [5.41, 5.74) is -3.30. The van der Waals surface area contributed by atoms with Crippen molar-refractivity contribution in [1.82, 2.24) is 0 Å². The number of hydrogen-bond donors (Lipinski definition) is 0. The highest BCUT2D eigenvalue weighted by Crippen LogP contribution is 2.39. The summed E-state index contributed by atoms with van der Waals surface area (Å²) in [7, 11) is 0. The maximum atomic E-state index is 12.2. The van der Waals surface area contributed by atoms with Crippen LogP contribution in [0.2, 0.25) is 0 Å². The highest BCUT2D eigenvalue weighted by atomic mass is 127. The van der Waals surface area contributed by atoms with Crippen molar-refractivity contribution < 1.29 is 13.2 Å². The monoisotopic (exact) mass is 380 g/mol. The predicted octanol–water partition coefficient (Wildman–Crippen LogP) is 5.07. The quantitative estimate of drug-likeness (QED) is 0.399. The summed E-state index contributed by atoms with van der Waals surface area (Å²) in [5, 5.41) is 0. The van der Waals surface area contributed by atoms with Gasteiger partial charge in [-0.05, 0) is 58.8 Å². The molecule has 90 valence electrons. The first kappa shape index (κ1) is 14.4. The van der Waals surface area contributed by atoms with E-state index in [1.807, 2.05) is 28.7 Å². The molecule has 0 radical (unpaired) electrons. The Labute approximate surface area is 115 Å². The minimum atomic E-state index is -4.23. The highest BCUT2D eigenvalue weighted by Gasteiger charge is 2.30. The number of thioether (sulfide) groups is 1. The van der Waals surface area contributed by atoms with Gasteiger partial charge in [-0.3, -0.25) is 0 Å². The Morgan fingerprint density at radius 3 is 2.56 bits per heavy atom. The third-order valence-corrected chi connectivity index (χ3v) is 4.55. The molecule has 0 aliphatic rings. The molecule has 0 heterocycles. The first-order chi connectivity index (χ1) is 7.44. The lowest BCUT2D eigenvalue weighted by molar-refractivity contribution is -0.0328. The zero-order valence-electron chi connectivity index (χ0n) is 8.15. The Morgan fingerprint density at radius 1 is 1.31 bits per heavy atom. The van der Waals surface area contributed by atoms with Crippen molar-refractivity contribution in [3.05, 3.63) is 27.3 Å². The minimum absolute atomic E-state index is 0.0655. The molecule has 0 N–H and O–H groups in total. The highest BCUT2D eigenvalue weighted by molar-refractivity contribution is 14.1. The van der Waals surface area contributed by atoms with E-state index in [1.54, 1.807) is 6.07 Å². The predicted molar refractivity (Wildman–Crippen MR) is 70.1 cm³/mol. The summed E-state index contributed by atoms with van der Waals surface area (Å²) < 4.78 is 37.4. The van der Waals surface area contributed by atoms with Crippen LogP contribution in [0, 0.1) is 3.57 Å². The standard InChI is InChI=1S/C10H9ClF3IS/c11-6-2-4-7-3-1-5-8(9(7)15)16-10(12,13)14/h1,3,5H,2,4,6H2. The summed E-state index contributed by atoms with van der Waals surface area (Å²) in [5.74, 6) is 0.521. The van der Waals surface area contributed by atoms with Gasteiger partial charge < -0.3 is 0 Å². The molecule has 1 aromatic carbocycles. The van der Waals surface area contributed by atoms with E-state index < -0.39 is 5.51 Å². The van der Waals surface area contributed by atoms with Crippen molar-refractivity contribution in [2.45, 2.75) is 23.2 Å². The van der Waals surface area contributed by atoms with Gasteiger partial charge in [-0.2, -0.15) is 13.2 Å². The van der Waals surface area contributed by atoms with Crippen molar-refractivity contribution >= 4 is 46.0 Å². The molecule has 0 amide bonds. The van der Waals surface area contributed by atoms with Crippen LogP contribution in [0.5, 0.6) is 0 Å². The van der Waals surface area contributed by atoms with E-state index in [1.165, 1.54) is 6.07 Å². The summed E-state index contributed by atoms with van der Waals surface area (Å²) in [6.07, 6.45) is 1.49. The third kappa shape index (κ3) is 4.71.